The van der Waals surface area contributed by atoms with Gasteiger partial charge >= 0.3 is 0 Å². The second-order valence-electron chi connectivity index (χ2n) is 5.44. The Morgan fingerprint density at radius 1 is 1.40 bits per heavy atom. The first-order valence-electron chi connectivity index (χ1n) is 6.97. The Kier molecular flexibility index (Phi) is 3.62. The van der Waals surface area contributed by atoms with Crippen molar-refractivity contribution in [3.8, 4) is 0 Å². The molecule has 1 saturated heterocycles. The lowest BCUT2D eigenvalue weighted by atomic mass is 10.2. The van der Waals surface area contributed by atoms with Gasteiger partial charge in [-0.05, 0) is 38.8 Å². The molecule has 1 fully saturated rings. The van der Waals surface area contributed by atoms with Gasteiger partial charge in [0, 0.05) is 10.9 Å². The first-order chi connectivity index (χ1) is 9.60. The number of anilines is 1. The summed E-state index contributed by atoms with van der Waals surface area (Å²) in [7, 11) is 0. The van der Waals surface area contributed by atoms with Gasteiger partial charge in [0.15, 0.2) is 0 Å². The average Bonchev–Trinajstić information content (AvgIpc) is 2.95. The van der Waals surface area contributed by atoms with Crippen LogP contribution in [0.1, 0.15) is 29.1 Å². The van der Waals surface area contributed by atoms with Gasteiger partial charge in [-0.25, -0.2) is 9.97 Å². The molecule has 2 aromatic rings. The topological polar surface area (TPSA) is 75.3 Å². The molecule has 3 rings (SSSR count). The molecule has 0 spiro atoms. The van der Waals surface area contributed by atoms with Crippen LogP contribution >= 0.6 is 11.3 Å². The SMILES string of the molecule is Cc1sc2nc(CN3CCC[C@H]3CO)nc(N)c2c1C. The van der Waals surface area contributed by atoms with Gasteiger partial charge in [-0.3, -0.25) is 4.90 Å². The van der Waals surface area contributed by atoms with Crippen LogP contribution in [0.15, 0.2) is 0 Å². The molecule has 3 N–H and O–H groups in total. The van der Waals surface area contributed by atoms with Gasteiger partial charge in [0.25, 0.3) is 0 Å². The standard InChI is InChI=1S/C14H20N4OS/c1-8-9(2)20-14-12(8)13(15)16-11(17-14)6-18-5-3-4-10(18)7-19/h10,19H,3-7H2,1-2H3,(H2,15,16,17)/t10-/m0/s1. The molecule has 20 heavy (non-hydrogen) atoms. The predicted molar refractivity (Wildman–Crippen MR) is 81.8 cm³/mol. The van der Waals surface area contributed by atoms with Crippen LogP contribution in [0.3, 0.4) is 0 Å². The molecule has 0 aromatic carbocycles. The smallest absolute Gasteiger partial charge is 0.146 e. The van der Waals surface area contributed by atoms with Crippen LogP contribution in [0, 0.1) is 13.8 Å². The normalized spacial score (nSPS) is 20.1. The quantitative estimate of drug-likeness (QED) is 0.903. The molecule has 1 atom stereocenters. The van der Waals surface area contributed by atoms with Crippen LogP contribution in [-0.4, -0.2) is 39.2 Å². The van der Waals surface area contributed by atoms with Crippen molar-refractivity contribution in [2.75, 3.05) is 18.9 Å². The van der Waals surface area contributed by atoms with Crippen molar-refractivity contribution in [2.24, 2.45) is 0 Å². The number of fused-ring (bicyclic) bond motifs is 1. The van der Waals surface area contributed by atoms with Crippen molar-refractivity contribution in [1.29, 1.82) is 0 Å². The maximum atomic E-state index is 9.38. The van der Waals surface area contributed by atoms with Crippen LogP contribution in [-0.2, 0) is 6.54 Å². The highest BCUT2D eigenvalue weighted by Crippen LogP contribution is 2.32. The number of hydrogen-bond acceptors (Lipinski definition) is 6. The number of nitrogen functional groups attached to an aromatic ring is 1. The lowest BCUT2D eigenvalue weighted by Crippen LogP contribution is -2.32. The van der Waals surface area contributed by atoms with E-state index < -0.39 is 0 Å². The highest BCUT2D eigenvalue weighted by molar-refractivity contribution is 7.18. The zero-order valence-electron chi connectivity index (χ0n) is 11.9. The number of likely N-dealkylation sites (tertiary alicyclic amines) is 1. The highest BCUT2D eigenvalue weighted by atomic mass is 32.1. The van der Waals surface area contributed by atoms with Crippen molar-refractivity contribution in [2.45, 2.75) is 39.3 Å². The third-order valence-corrected chi connectivity index (χ3v) is 5.26. The van der Waals surface area contributed by atoms with Gasteiger partial charge in [0.2, 0.25) is 0 Å². The minimum atomic E-state index is 0.203. The first kappa shape index (κ1) is 13.7. The molecule has 0 aliphatic carbocycles. The molecule has 0 amide bonds. The number of aliphatic hydroxyl groups excluding tert-OH is 1. The Morgan fingerprint density at radius 3 is 2.95 bits per heavy atom. The fraction of sp³-hybridized carbons (Fsp3) is 0.571. The molecule has 6 heteroatoms. The van der Waals surface area contributed by atoms with E-state index in [0.717, 1.165) is 35.4 Å². The van der Waals surface area contributed by atoms with E-state index in [2.05, 4.69) is 28.7 Å². The van der Waals surface area contributed by atoms with E-state index in [1.54, 1.807) is 11.3 Å². The number of aliphatic hydroxyl groups is 1. The molecule has 0 saturated carbocycles. The molecule has 2 aromatic heterocycles. The number of aromatic nitrogens is 2. The second kappa shape index (κ2) is 5.27. The molecule has 108 valence electrons. The number of thiophene rings is 1. The van der Waals surface area contributed by atoms with Crippen LogP contribution in [0.2, 0.25) is 0 Å². The fourth-order valence-electron chi connectivity index (χ4n) is 2.89. The van der Waals surface area contributed by atoms with Gasteiger partial charge < -0.3 is 10.8 Å². The van der Waals surface area contributed by atoms with Crippen LogP contribution in [0.5, 0.6) is 0 Å². The molecular formula is C14H20N4OS. The van der Waals surface area contributed by atoms with Crippen molar-refractivity contribution in [1.82, 2.24) is 14.9 Å². The Hall–Kier alpha value is -1.24. The summed E-state index contributed by atoms with van der Waals surface area (Å²) in [4.78, 5) is 13.6. The molecule has 1 aliphatic rings. The molecule has 0 unspecified atom stereocenters. The van der Waals surface area contributed by atoms with E-state index in [1.165, 1.54) is 10.4 Å². The largest absolute Gasteiger partial charge is 0.395 e. The van der Waals surface area contributed by atoms with Crippen molar-refractivity contribution in [3.63, 3.8) is 0 Å². The van der Waals surface area contributed by atoms with E-state index in [1.807, 2.05) is 0 Å². The van der Waals surface area contributed by atoms with Crippen molar-refractivity contribution >= 4 is 27.4 Å². The molecule has 5 nitrogen and oxygen atoms in total. The summed E-state index contributed by atoms with van der Waals surface area (Å²) < 4.78 is 0. The lowest BCUT2D eigenvalue weighted by Gasteiger charge is -2.21. The average molecular weight is 292 g/mol. The third kappa shape index (κ3) is 2.28. The fourth-order valence-corrected chi connectivity index (χ4v) is 3.94. The van der Waals surface area contributed by atoms with Crippen LogP contribution in [0.25, 0.3) is 10.2 Å². The second-order valence-corrected chi connectivity index (χ2v) is 6.64. The van der Waals surface area contributed by atoms with Crippen LogP contribution in [0.4, 0.5) is 5.82 Å². The Bertz CT molecular complexity index is 640. The summed E-state index contributed by atoms with van der Waals surface area (Å²) in [6.45, 7) is 6.02. The number of aryl methyl sites for hydroxylation is 2. The lowest BCUT2D eigenvalue weighted by molar-refractivity contribution is 0.151. The Balaban J connectivity index is 1.93. The third-order valence-electron chi connectivity index (χ3n) is 4.16. The van der Waals surface area contributed by atoms with Crippen molar-refractivity contribution in [3.05, 3.63) is 16.3 Å². The molecule has 0 radical (unpaired) electrons. The summed E-state index contributed by atoms with van der Waals surface area (Å²) >= 11 is 1.67. The van der Waals surface area contributed by atoms with Gasteiger partial charge in [0.1, 0.15) is 16.5 Å². The van der Waals surface area contributed by atoms with Gasteiger partial charge in [-0.15, -0.1) is 11.3 Å². The Labute approximate surface area is 122 Å². The molecule has 3 heterocycles. The number of nitrogens with zero attached hydrogens (tertiary/aromatic N) is 3. The summed E-state index contributed by atoms with van der Waals surface area (Å²) in [5.41, 5.74) is 7.28. The number of hydrogen-bond donors (Lipinski definition) is 2. The summed E-state index contributed by atoms with van der Waals surface area (Å²) in [6, 6.07) is 0.238. The van der Waals surface area contributed by atoms with E-state index in [4.69, 9.17) is 5.73 Å². The molecule has 1 aliphatic heterocycles. The highest BCUT2D eigenvalue weighted by Gasteiger charge is 2.25. The summed E-state index contributed by atoms with van der Waals surface area (Å²) in [6.07, 6.45) is 2.17. The van der Waals surface area contributed by atoms with E-state index in [9.17, 15) is 5.11 Å². The zero-order valence-corrected chi connectivity index (χ0v) is 12.7. The van der Waals surface area contributed by atoms with Gasteiger partial charge in [0.05, 0.1) is 18.5 Å². The first-order valence-corrected chi connectivity index (χ1v) is 7.78. The summed E-state index contributed by atoms with van der Waals surface area (Å²) in [5.74, 6) is 1.34. The Morgan fingerprint density at radius 2 is 2.20 bits per heavy atom. The predicted octanol–water partition coefficient (Wildman–Crippen LogP) is 1.85. The van der Waals surface area contributed by atoms with Crippen LogP contribution < -0.4 is 5.73 Å². The zero-order chi connectivity index (χ0) is 14.3. The van der Waals surface area contributed by atoms with E-state index in [-0.39, 0.29) is 12.6 Å². The number of rotatable bonds is 3. The monoisotopic (exact) mass is 292 g/mol. The molecule has 0 bridgehead atoms. The maximum absolute atomic E-state index is 9.38. The minimum absolute atomic E-state index is 0.203. The van der Waals surface area contributed by atoms with Gasteiger partial charge in [-0.2, -0.15) is 0 Å². The number of nitrogens with two attached hydrogens (primary N) is 1. The van der Waals surface area contributed by atoms with E-state index in [0.29, 0.717) is 12.4 Å². The maximum Gasteiger partial charge on any atom is 0.146 e. The van der Waals surface area contributed by atoms with E-state index >= 15 is 0 Å². The van der Waals surface area contributed by atoms with Gasteiger partial charge in [-0.1, -0.05) is 0 Å². The summed E-state index contributed by atoms with van der Waals surface area (Å²) in [5, 5.41) is 10.4. The van der Waals surface area contributed by atoms with Crippen molar-refractivity contribution < 1.29 is 5.11 Å². The molecular weight excluding hydrogens is 272 g/mol. The minimum Gasteiger partial charge on any atom is -0.395 e.